The Balaban J connectivity index is 1.58. The molecule has 9 heteroatoms. The van der Waals surface area contributed by atoms with Gasteiger partial charge in [0.05, 0.1) is 7.11 Å². The summed E-state index contributed by atoms with van der Waals surface area (Å²) >= 11 is 0. The van der Waals surface area contributed by atoms with Crippen molar-refractivity contribution in [3.8, 4) is 5.75 Å². The van der Waals surface area contributed by atoms with Crippen LogP contribution in [0.25, 0.3) is 0 Å². The van der Waals surface area contributed by atoms with Crippen molar-refractivity contribution in [1.82, 2.24) is 19.8 Å². The predicted octanol–water partition coefficient (Wildman–Crippen LogP) is 2.20. The molecule has 2 aromatic rings. The number of carbonyl (C=O) groups excluding carboxylic acids is 2. The van der Waals surface area contributed by atoms with E-state index in [1.54, 1.807) is 37.1 Å². The Morgan fingerprint density at radius 1 is 0.971 bits per heavy atom. The van der Waals surface area contributed by atoms with Crippen LogP contribution in [0.4, 0.5) is 11.6 Å². The highest BCUT2D eigenvalue weighted by Gasteiger charge is 2.37. The van der Waals surface area contributed by atoms with Gasteiger partial charge in [-0.05, 0) is 56.5 Å². The highest BCUT2D eigenvalue weighted by atomic mass is 16.5. The number of aromatic nitrogens is 2. The summed E-state index contributed by atoms with van der Waals surface area (Å²) < 4.78 is 5.26. The number of piperidine rings is 1. The molecule has 34 heavy (non-hydrogen) atoms. The quantitative estimate of drug-likeness (QED) is 0.668. The Morgan fingerprint density at radius 2 is 1.68 bits per heavy atom. The van der Waals surface area contributed by atoms with Gasteiger partial charge in [0.1, 0.15) is 17.5 Å². The van der Waals surface area contributed by atoms with E-state index in [1.165, 1.54) is 6.42 Å². The molecule has 2 amide bonds. The van der Waals surface area contributed by atoms with Crippen molar-refractivity contribution in [1.29, 1.82) is 0 Å². The molecule has 1 aromatic heterocycles. The zero-order chi connectivity index (χ0) is 24.2. The van der Waals surface area contributed by atoms with Gasteiger partial charge in [-0.2, -0.15) is 0 Å². The first-order valence-corrected chi connectivity index (χ1v) is 11.9. The number of benzene rings is 1. The monoisotopic (exact) mass is 466 g/mol. The Labute approximate surface area is 201 Å². The van der Waals surface area contributed by atoms with Crippen molar-refractivity contribution in [3.63, 3.8) is 0 Å². The number of hydrogen-bond donors (Lipinski definition) is 0. The summed E-state index contributed by atoms with van der Waals surface area (Å²) in [5.41, 5.74) is 2.10. The van der Waals surface area contributed by atoms with Crippen LogP contribution in [0.2, 0.25) is 0 Å². The SMILES string of the molecule is COc1ccc(N2CCN(C(=O)c3cc(C)nc(N4CCCCC4)n3)C(C(=O)N(C)C)C2)cc1. The summed E-state index contributed by atoms with van der Waals surface area (Å²) in [6.07, 6.45) is 3.42. The number of carbonyl (C=O) groups is 2. The summed E-state index contributed by atoms with van der Waals surface area (Å²) in [6, 6.07) is 8.89. The number of aryl methyl sites for hydroxylation is 1. The molecule has 1 aromatic carbocycles. The molecule has 2 aliphatic heterocycles. The normalized spacial score (nSPS) is 18.6. The van der Waals surface area contributed by atoms with Crippen LogP contribution in [-0.2, 0) is 4.79 Å². The fourth-order valence-corrected chi connectivity index (χ4v) is 4.61. The van der Waals surface area contributed by atoms with Gasteiger partial charge in [0.25, 0.3) is 5.91 Å². The second kappa shape index (κ2) is 10.3. The van der Waals surface area contributed by atoms with E-state index in [9.17, 15) is 9.59 Å². The van der Waals surface area contributed by atoms with Crippen molar-refractivity contribution in [2.45, 2.75) is 32.2 Å². The highest BCUT2D eigenvalue weighted by molar-refractivity contribution is 5.97. The third-order valence-electron chi connectivity index (χ3n) is 6.51. The van der Waals surface area contributed by atoms with E-state index in [2.05, 4.69) is 19.8 Å². The number of methoxy groups -OCH3 is 1. The van der Waals surface area contributed by atoms with Gasteiger partial charge in [-0.3, -0.25) is 9.59 Å². The van der Waals surface area contributed by atoms with Crippen molar-refractivity contribution < 1.29 is 14.3 Å². The maximum atomic E-state index is 13.7. The maximum Gasteiger partial charge on any atom is 0.273 e. The molecule has 4 rings (SSSR count). The van der Waals surface area contributed by atoms with Gasteiger partial charge in [-0.1, -0.05) is 0 Å². The van der Waals surface area contributed by atoms with Gasteiger partial charge in [0.15, 0.2) is 0 Å². The summed E-state index contributed by atoms with van der Waals surface area (Å²) in [4.78, 5) is 43.5. The summed E-state index contributed by atoms with van der Waals surface area (Å²) in [5.74, 6) is 1.06. The number of amides is 2. The third kappa shape index (κ3) is 5.08. The molecule has 0 bridgehead atoms. The summed E-state index contributed by atoms with van der Waals surface area (Å²) in [7, 11) is 5.08. The molecule has 182 valence electrons. The number of nitrogens with zero attached hydrogens (tertiary/aromatic N) is 6. The van der Waals surface area contributed by atoms with E-state index in [1.807, 2.05) is 31.2 Å². The molecular formula is C25H34N6O3. The van der Waals surface area contributed by atoms with Crippen LogP contribution in [0.3, 0.4) is 0 Å². The summed E-state index contributed by atoms with van der Waals surface area (Å²) in [6.45, 7) is 5.16. The smallest absolute Gasteiger partial charge is 0.273 e. The molecule has 2 saturated heterocycles. The number of hydrogen-bond acceptors (Lipinski definition) is 7. The van der Waals surface area contributed by atoms with Gasteiger partial charge in [0, 0.05) is 58.2 Å². The molecule has 0 radical (unpaired) electrons. The number of likely N-dealkylation sites (N-methyl/N-ethyl adjacent to an activating group) is 1. The van der Waals surface area contributed by atoms with Crippen molar-refractivity contribution in [2.24, 2.45) is 0 Å². The minimum atomic E-state index is -0.605. The van der Waals surface area contributed by atoms with Crippen LogP contribution in [0, 0.1) is 6.92 Å². The van der Waals surface area contributed by atoms with E-state index in [4.69, 9.17) is 4.74 Å². The summed E-state index contributed by atoms with van der Waals surface area (Å²) in [5, 5.41) is 0. The topological polar surface area (TPSA) is 82.1 Å². The zero-order valence-corrected chi connectivity index (χ0v) is 20.5. The molecule has 2 fully saturated rings. The van der Waals surface area contributed by atoms with Gasteiger partial charge < -0.3 is 24.3 Å². The average molecular weight is 467 g/mol. The Hall–Kier alpha value is -3.36. The number of piperazine rings is 1. The van der Waals surface area contributed by atoms with E-state index in [-0.39, 0.29) is 11.8 Å². The maximum absolute atomic E-state index is 13.7. The van der Waals surface area contributed by atoms with Gasteiger partial charge in [0.2, 0.25) is 11.9 Å². The van der Waals surface area contributed by atoms with Crippen LogP contribution in [0.5, 0.6) is 5.75 Å². The van der Waals surface area contributed by atoms with Crippen molar-refractivity contribution >= 4 is 23.5 Å². The van der Waals surface area contributed by atoms with Gasteiger partial charge in [-0.15, -0.1) is 0 Å². The molecule has 3 heterocycles. The minimum Gasteiger partial charge on any atom is -0.497 e. The Kier molecular flexibility index (Phi) is 7.19. The first-order valence-electron chi connectivity index (χ1n) is 11.9. The van der Waals surface area contributed by atoms with Crippen LogP contribution in [0.15, 0.2) is 30.3 Å². The van der Waals surface area contributed by atoms with Crippen LogP contribution >= 0.6 is 0 Å². The van der Waals surface area contributed by atoms with Crippen LogP contribution < -0.4 is 14.5 Å². The molecule has 1 atom stereocenters. The molecule has 0 spiro atoms. The van der Waals surface area contributed by atoms with Crippen molar-refractivity contribution in [2.75, 3.05) is 63.7 Å². The van der Waals surface area contributed by atoms with E-state index in [0.717, 1.165) is 43.1 Å². The largest absolute Gasteiger partial charge is 0.497 e. The second-order valence-corrected chi connectivity index (χ2v) is 9.13. The first-order chi connectivity index (χ1) is 16.4. The molecule has 0 aliphatic carbocycles. The second-order valence-electron chi connectivity index (χ2n) is 9.13. The minimum absolute atomic E-state index is 0.103. The molecule has 9 nitrogen and oxygen atoms in total. The lowest BCUT2D eigenvalue weighted by molar-refractivity contribution is -0.133. The standard InChI is InChI=1S/C25H34N6O3/c1-18-16-21(27-25(26-18)29-12-6-5-7-13-29)23(32)31-15-14-30(17-22(31)24(33)28(2)3)19-8-10-20(34-4)11-9-19/h8-11,16,22H,5-7,12-15,17H2,1-4H3. The zero-order valence-electron chi connectivity index (χ0n) is 20.5. The molecular weight excluding hydrogens is 432 g/mol. The fraction of sp³-hybridized carbons (Fsp3) is 0.520. The Bertz CT molecular complexity index is 1020. The lowest BCUT2D eigenvalue weighted by Crippen LogP contribution is -2.60. The van der Waals surface area contributed by atoms with E-state index >= 15 is 0 Å². The lowest BCUT2D eigenvalue weighted by Gasteiger charge is -2.42. The molecule has 2 aliphatic rings. The van der Waals surface area contributed by atoms with E-state index < -0.39 is 6.04 Å². The fourth-order valence-electron chi connectivity index (χ4n) is 4.61. The Morgan fingerprint density at radius 3 is 2.32 bits per heavy atom. The van der Waals surface area contributed by atoms with E-state index in [0.29, 0.717) is 31.3 Å². The molecule has 0 saturated carbocycles. The molecule has 0 N–H and O–H groups in total. The number of ether oxygens (including phenoxy) is 1. The van der Waals surface area contributed by atoms with Crippen LogP contribution in [-0.4, -0.2) is 91.6 Å². The predicted molar refractivity (Wildman–Crippen MR) is 132 cm³/mol. The van der Waals surface area contributed by atoms with Gasteiger partial charge in [-0.25, -0.2) is 9.97 Å². The highest BCUT2D eigenvalue weighted by Crippen LogP contribution is 2.24. The first kappa shape index (κ1) is 23.8. The number of anilines is 2. The number of rotatable bonds is 5. The molecule has 1 unspecified atom stereocenters. The third-order valence-corrected chi connectivity index (χ3v) is 6.51. The van der Waals surface area contributed by atoms with Crippen molar-refractivity contribution in [3.05, 3.63) is 41.7 Å². The average Bonchev–Trinajstić information content (AvgIpc) is 2.87. The van der Waals surface area contributed by atoms with Crippen LogP contribution in [0.1, 0.15) is 35.4 Å². The van der Waals surface area contributed by atoms with Gasteiger partial charge >= 0.3 is 0 Å². The lowest BCUT2D eigenvalue weighted by atomic mass is 10.1.